The average Bonchev–Trinajstić information content (AvgIpc) is 3.24. The van der Waals surface area contributed by atoms with Gasteiger partial charge in [0.2, 0.25) is 11.7 Å². The summed E-state index contributed by atoms with van der Waals surface area (Å²) < 4.78 is 26.5. The third kappa shape index (κ3) is 2.50. The molecule has 0 amide bonds. The van der Waals surface area contributed by atoms with E-state index in [0.717, 1.165) is 11.1 Å². The predicted molar refractivity (Wildman–Crippen MR) is 83.7 cm³/mol. The summed E-state index contributed by atoms with van der Waals surface area (Å²) in [7, 11) is 1.83. The molecule has 1 aliphatic heterocycles. The number of benzene rings is 1. The minimum atomic E-state index is -0.520. The molecule has 0 bridgehead atoms. The Morgan fingerprint density at radius 2 is 2.08 bits per heavy atom. The van der Waals surface area contributed by atoms with Gasteiger partial charge >= 0.3 is 0 Å². The van der Waals surface area contributed by atoms with Crippen molar-refractivity contribution in [3.8, 4) is 11.4 Å². The van der Waals surface area contributed by atoms with E-state index in [2.05, 4.69) is 15.2 Å². The summed E-state index contributed by atoms with van der Waals surface area (Å²) in [5.41, 5.74) is 1.11. The number of hydrogen-bond acceptors (Lipinski definition) is 5. The Labute approximate surface area is 138 Å². The summed E-state index contributed by atoms with van der Waals surface area (Å²) in [6.07, 6.45) is 4.86. The summed E-state index contributed by atoms with van der Waals surface area (Å²) >= 11 is 0. The van der Waals surface area contributed by atoms with Crippen LogP contribution in [0.1, 0.15) is 24.3 Å². The van der Waals surface area contributed by atoms with Crippen molar-refractivity contribution in [2.75, 3.05) is 13.2 Å². The lowest BCUT2D eigenvalue weighted by Crippen LogP contribution is -2.35. The molecular weight excluding hydrogens is 311 g/mol. The van der Waals surface area contributed by atoms with Crippen molar-refractivity contribution in [3.05, 3.63) is 53.9 Å². The van der Waals surface area contributed by atoms with Crippen molar-refractivity contribution in [1.82, 2.24) is 19.9 Å². The first-order valence-corrected chi connectivity index (χ1v) is 7.84. The number of aromatic nitrogens is 4. The van der Waals surface area contributed by atoms with Crippen LogP contribution < -0.4 is 0 Å². The largest absolute Gasteiger partial charge is 0.381 e. The maximum atomic E-state index is 13.8. The Kier molecular flexibility index (Phi) is 3.65. The number of hydrogen-bond donors (Lipinski definition) is 0. The lowest BCUT2D eigenvalue weighted by atomic mass is 9.74. The highest BCUT2D eigenvalue weighted by atomic mass is 19.1. The van der Waals surface area contributed by atoms with E-state index in [9.17, 15) is 4.39 Å². The molecule has 124 valence electrons. The lowest BCUT2D eigenvalue weighted by Gasteiger charge is -2.34. The molecule has 1 aliphatic rings. The van der Waals surface area contributed by atoms with Crippen LogP contribution in [0.2, 0.25) is 0 Å². The molecule has 3 aromatic rings. The third-order valence-corrected chi connectivity index (χ3v) is 4.52. The van der Waals surface area contributed by atoms with Crippen molar-refractivity contribution in [2.24, 2.45) is 7.05 Å². The van der Waals surface area contributed by atoms with E-state index in [1.54, 1.807) is 23.0 Å². The van der Waals surface area contributed by atoms with Gasteiger partial charge in [0.1, 0.15) is 5.82 Å². The Morgan fingerprint density at radius 3 is 2.79 bits per heavy atom. The van der Waals surface area contributed by atoms with Crippen LogP contribution in [0.3, 0.4) is 0 Å². The fraction of sp³-hybridized carbons (Fsp3) is 0.353. The second-order valence-electron chi connectivity index (χ2n) is 6.03. The summed E-state index contributed by atoms with van der Waals surface area (Å²) in [4.78, 5) is 4.59. The van der Waals surface area contributed by atoms with Gasteiger partial charge in [0.15, 0.2) is 0 Å². The van der Waals surface area contributed by atoms with Crippen LogP contribution in [0.5, 0.6) is 0 Å². The molecule has 3 heterocycles. The van der Waals surface area contributed by atoms with Gasteiger partial charge in [0.25, 0.3) is 0 Å². The lowest BCUT2D eigenvalue weighted by molar-refractivity contribution is 0.0522. The van der Waals surface area contributed by atoms with Crippen molar-refractivity contribution < 1.29 is 13.7 Å². The van der Waals surface area contributed by atoms with E-state index >= 15 is 0 Å². The maximum Gasteiger partial charge on any atom is 0.237 e. The molecule has 0 aliphatic carbocycles. The Balaban J connectivity index is 1.78. The van der Waals surface area contributed by atoms with Gasteiger partial charge in [-0.05, 0) is 30.5 Å². The van der Waals surface area contributed by atoms with Crippen molar-refractivity contribution in [1.29, 1.82) is 0 Å². The predicted octanol–water partition coefficient (Wildman–Crippen LogP) is 2.71. The SMILES string of the molecule is Cn1cc(-c2noc(C3(c4cccc(F)c4)CCOCC3)n2)cn1. The van der Waals surface area contributed by atoms with Gasteiger partial charge in [-0.1, -0.05) is 17.3 Å². The zero-order chi connectivity index (χ0) is 16.6. The average molecular weight is 328 g/mol. The quantitative estimate of drug-likeness (QED) is 0.739. The summed E-state index contributed by atoms with van der Waals surface area (Å²) in [5.74, 6) is 0.709. The van der Waals surface area contributed by atoms with E-state index in [4.69, 9.17) is 9.26 Å². The fourth-order valence-electron chi connectivity index (χ4n) is 3.20. The first-order chi connectivity index (χ1) is 11.7. The fourth-order valence-corrected chi connectivity index (χ4v) is 3.20. The monoisotopic (exact) mass is 328 g/mol. The number of rotatable bonds is 3. The van der Waals surface area contributed by atoms with Gasteiger partial charge in [-0.15, -0.1) is 0 Å². The zero-order valence-corrected chi connectivity index (χ0v) is 13.3. The van der Waals surface area contributed by atoms with Crippen LogP contribution in [0.25, 0.3) is 11.4 Å². The van der Waals surface area contributed by atoms with Crippen molar-refractivity contribution in [3.63, 3.8) is 0 Å². The first kappa shape index (κ1) is 15.0. The van der Waals surface area contributed by atoms with E-state index in [1.165, 1.54) is 6.07 Å². The molecule has 0 saturated carbocycles. The molecule has 0 spiro atoms. The van der Waals surface area contributed by atoms with Crippen LogP contribution in [-0.4, -0.2) is 33.1 Å². The van der Waals surface area contributed by atoms with Gasteiger partial charge in [-0.25, -0.2) is 4.39 Å². The van der Waals surface area contributed by atoms with Gasteiger partial charge in [-0.2, -0.15) is 10.1 Å². The molecule has 1 aromatic carbocycles. The van der Waals surface area contributed by atoms with Crippen molar-refractivity contribution >= 4 is 0 Å². The molecule has 1 saturated heterocycles. The van der Waals surface area contributed by atoms with Crippen LogP contribution in [0.4, 0.5) is 4.39 Å². The Hall–Kier alpha value is -2.54. The highest BCUT2D eigenvalue weighted by Gasteiger charge is 2.41. The highest BCUT2D eigenvalue weighted by Crippen LogP contribution is 2.41. The van der Waals surface area contributed by atoms with Gasteiger partial charge in [0, 0.05) is 26.5 Å². The molecule has 6 nitrogen and oxygen atoms in total. The molecule has 0 atom stereocenters. The topological polar surface area (TPSA) is 66.0 Å². The maximum absolute atomic E-state index is 13.8. The van der Waals surface area contributed by atoms with Crippen LogP contribution in [0.15, 0.2) is 41.2 Å². The minimum Gasteiger partial charge on any atom is -0.381 e. The molecule has 0 N–H and O–H groups in total. The Morgan fingerprint density at radius 1 is 1.25 bits per heavy atom. The summed E-state index contributed by atoms with van der Waals surface area (Å²) in [6, 6.07) is 6.59. The third-order valence-electron chi connectivity index (χ3n) is 4.52. The van der Waals surface area contributed by atoms with Crippen molar-refractivity contribution in [2.45, 2.75) is 18.3 Å². The molecule has 0 unspecified atom stereocenters. The van der Waals surface area contributed by atoms with Gasteiger partial charge < -0.3 is 9.26 Å². The number of halogens is 1. The van der Waals surface area contributed by atoms with E-state index in [0.29, 0.717) is 37.8 Å². The zero-order valence-electron chi connectivity index (χ0n) is 13.3. The van der Waals surface area contributed by atoms with Crippen LogP contribution >= 0.6 is 0 Å². The summed E-state index contributed by atoms with van der Waals surface area (Å²) in [6.45, 7) is 1.14. The standard InChI is InChI=1S/C17H17FN4O2/c1-22-11-12(10-19-22)15-20-16(24-21-15)17(5-7-23-8-6-17)13-3-2-4-14(18)9-13/h2-4,9-11H,5-8H2,1H3. The normalized spacial score (nSPS) is 17.1. The van der Waals surface area contributed by atoms with Crippen LogP contribution in [0, 0.1) is 5.82 Å². The Bertz CT molecular complexity index is 852. The minimum absolute atomic E-state index is 0.273. The molecule has 1 fully saturated rings. The van der Waals surface area contributed by atoms with E-state index in [1.807, 2.05) is 19.3 Å². The number of aryl methyl sites for hydroxylation is 1. The highest BCUT2D eigenvalue weighted by molar-refractivity contribution is 5.51. The molecule has 0 radical (unpaired) electrons. The van der Waals surface area contributed by atoms with Gasteiger partial charge in [-0.3, -0.25) is 4.68 Å². The van der Waals surface area contributed by atoms with Crippen LogP contribution in [-0.2, 0) is 17.2 Å². The van der Waals surface area contributed by atoms with E-state index in [-0.39, 0.29) is 5.82 Å². The number of ether oxygens (including phenoxy) is 1. The second-order valence-corrected chi connectivity index (χ2v) is 6.03. The second kappa shape index (κ2) is 5.83. The molecule has 7 heteroatoms. The van der Waals surface area contributed by atoms with E-state index < -0.39 is 5.41 Å². The molecule has 2 aromatic heterocycles. The first-order valence-electron chi connectivity index (χ1n) is 7.84. The number of nitrogens with zero attached hydrogens (tertiary/aromatic N) is 4. The molecular formula is C17H17FN4O2. The molecule has 24 heavy (non-hydrogen) atoms. The van der Waals surface area contributed by atoms with Gasteiger partial charge in [0.05, 0.1) is 17.2 Å². The molecule has 4 rings (SSSR count). The smallest absolute Gasteiger partial charge is 0.237 e. The summed E-state index contributed by atoms with van der Waals surface area (Å²) in [5, 5.41) is 8.22.